The van der Waals surface area contributed by atoms with Gasteiger partial charge >= 0.3 is 0 Å². The lowest BCUT2D eigenvalue weighted by molar-refractivity contribution is 0.0992. The summed E-state index contributed by atoms with van der Waals surface area (Å²) < 4.78 is 2.06. The smallest absolute Gasteiger partial charge is 0.259 e. The van der Waals surface area contributed by atoms with E-state index >= 15 is 0 Å². The van der Waals surface area contributed by atoms with Gasteiger partial charge < -0.3 is 15.2 Å². The summed E-state index contributed by atoms with van der Waals surface area (Å²) in [6.07, 6.45) is 3.86. The van der Waals surface area contributed by atoms with E-state index in [1.807, 2.05) is 49.5 Å². The van der Waals surface area contributed by atoms with Crippen LogP contribution in [0.3, 0.4) is 0 Å². The van der Waals surface area contributed by atoms with Crippen LogP contribution in [0.25, 0.3) is 11.0 Å². The highest BCUT2D eigenvalue weighted by atomic mass is 16.2. The number of imidazole rings is 1. The number of aromatic nitrogens is 3. The zero-order valence-corrected chi connectivity index (χ0v) is 16.8. The summed E-state index contributed by atoms with van der Waals surface area (Å²) in [4.78, 5) is 23.1. The fraction of sp³-hybridized carbons (Fsp3) is 0.130. The quantitative estimate of drug-likeness (QED) is 0.398. The molecule has 2 aromatic carbocycles. The molecule has 0 saturated carbocycles. The number of nitrogens with one attached hydrogen (secondary N) is 1. The molecule has 0 aliphatic heterocycles. The minimum Gasteiger partial charge on any atom is -0.384 e. The molecule has 0 aliphatic rings. The predicted octanol–water partition coefficient (Wildman–Crippen LogP) is 3.12. The Hall–Kier alpha value is -4.00. The predicted molar refractivity (Wildman–Crippen MR) is 118 cm³/mol. The number of hydrogen-bond donors (Lipinski definition) is 2. The monoisotopic (exact) mass is 398 g/mol. The summed E-state index contributed by atoms with van der Waals surface area (Å²) in [5, 5.41) is 7.50. The molecule has 0 saturated heterocycles. The molecule has 0 radical (unpaired) electrons. The number of carbonyl (C=O) groups excluding carboxylic acids is 1. The van der Waals surface area contributed by atoms with Crippen molar-refractivity contribution in [2.75, 3.05) is 11.9 Å². The molecule has 2 aromatic heterocycles. The molecule has 0 aliphatic carbocycles. The molecule has 0 unspecified atom stereocenters. The number of amidine groups is 1. The van der Waals surface area contributed by atoms with Gasteiger partial charge in [-0.05, 0) is 35.9 Å². The number of pyridine rings is 1. The summed E-state index contributed by atoms with van der Waals surface area (Å²) in [6, 6.07) is 16.9. The Balaban J connectivity index is 1.61. The summed E-state index contributed by atoms with van der Waals surface area (Å²) >= 11 is 0. The van der Waals surface area contributed by atoms with Crippen molar-refractivity contribution in [3.05, 3.63) is 89.5 Å². The highest BCUT2D eigenvalue weighted by Gasteiger charge is 2.16. The minimum absolute atomic E-state index is 0.0572. The summed E-state index contributed by atoms with van der Waals surface area (Å²) in [5.74, 6) is 0.852. The fourth-order valence-corrected chi connectivity index (χ4v) is 3.39. The van der Waals surface area contributed by atoms with Gasteiger partial charge in [0.1, 0.15) is 11.7 Å². The van der Waals surface area contributed by atoms with E-state index in [2.05, 4.69) is 9.55 Å². The fourth-order valence-electron chi connectivity index (χ4n) is 3.39. The van der Waals surface area contributed by atoms with E-state index in [1.165, 1.54) is 0 Å². The lowest BCUT2D eigenvalue weighted by Gasteiger charge is -2.17. The van der Waals surface area contributed by atoms with Crippen molar-refractivity contribution in [2.45, 2.75) is 6.42 Å². The van der Waals surface area contributed by atoms with Gasteiger partial charge in [-0.2, -0.15) is 0 Å². The van der Waals surface area contributed by atoms with Crippen molar-refractivity contribution >= 4 is 28.5 Å². The van der Waals surface area contributed by atoms with Gasteiger partial charge in [-0.3, -0.25) is 15.2 Å². The molecule has 0 bridgehead atoms. The van der Waals surface area contributed by atoms with Crippen molar-refractivity contribution < 1.29 is 4.79 Å². The van der Waals surface area contributed by atoms with Crippen molar-refractivity contribution in [2.24, 2.45) is 12.8 Å². The van der Waals surface area contributed by atoms with Gasteiger partial charge in [-0.25, -0.2) is 4.98 Å². The largest absolute Gasteiger partial charge is 0.384 e. The van der Waals surface area contributed by atoms with Gasteiger partial charge in [0.2, 0.25) is 0 Å². The number of benzene rings is 2. The van der Waals surface area contributed by atoms with Gasteiger partial charge in [-0.15, -0.1) is 0 Å². The van der Waals surface area contributed by atoms with Crippen molar-refractivity contribution in [3.8, 4) is 0 Å². The molecule has 4 rings (SSSR count). The number of carbonyl (C=O) groups is 1. The lowest BCUT2D eigenvalue weighted by atomic mass is 10.1. The molecule has 0 atom stereocenters. The van der Waals surface area contributed by atoms with Crippen LogP contribution in [0.1, 0.15) is 27.3 Å². The van der Waals surface area contributed by atoms with Crippen LogP contribution in [0.15, 0.2) is 67.0 Å². The minimum atomic E-state index is -0.121. The van der Waals surface area contributed by atoms with Crippen LogP contribution >= 0.6 is 0 Å². The molecule has 3 N–H and O–H groups in total. The number of aryl methyl sites for hydroxylation is 1. The highest BCUT2D eigenvalue weighted by molar-refractivity contribution is 6.06. The third-order valence-corrected chi connectivity index (χ3v) is 5.18. The average Bonchev–Trinajstić information content (AvgIpc) is 3.08. The number of anilines is 1. The zero-order valence-electron chi connectivity index (χ0n) is 16.8. The number of nitrogens with zero attached hydrogens (tertiary/aromatic N) is 4. The van der Waals surface area contributed by atoms with Gasteiger partial charge in [0.25, 0.3) is 5.91 Å². The lowest BCUT2D eigenvalue weighted by Crippen LogP contribution is -2.26. The van der Waals surface area contributed by atoms with Crippen molar-refractivity contribution in [1.29, 1.82) is 5.41 Å². The maximum absolute atomic E-state index is 12.7. The van der Waals surface area contributed by atoms with E-state index in [9.17, 15) is 4.79 Å². The molecule has 4 aromatic rings. The third kappa shape index (κ3) is 3.65. The Kier molecular flexibility index (Phi) is 5.02. The molecule has 1 amide bonds. The van der Waals surface area contributed by atoms with Gasteiger partial charge in [0, 0.05) is 44.2 Å². The molecule has 0 fully saturated rings. The summed E-state index contributed by atoms with van der Waals surface area (Å²) in [6.45, 7) is 0. The summed E-state index contributed by atoms with van der Waals surface area (Å²) in [7, 11) is 3.73. The van der Waals surface area contributed by atoms with Gasteiger partial charge in [0.05, 0.1) is 16.6 Å². The number of amides is 1. The number of nitrogens with two attached hydrogens (primary N) is 1. The van der Waals surface area contributed by atoms with E-state index in [1.54, 1.807) is 36.5 Å². The van der Waals surface area contributed by atoms with Crippen LogP contribution in [-0.4, -0.2) is 33.3 Å². The first-order valence-corrected chi connectivity index (χ1v) is 9.51. The van der Waals surface area contributed by atoms with Crippen LogP contribution in [0.5, 0.6) is 0 Å². The van der Waals surface area contributed by atoms with Gasteiger partial charge in [-0.1, -0.05) is 24.3 Å². The van der Waals surface area contributed by atoms with Crippen LogP contribution in [0.2, 0.25) is 0 Å². The van der Waals surface area contributed by atoms with E-state index in [0.717, 1.165) is 28.1 Å². The Morgan fingerprint density at radius 1 is 1.13 bits per heavy atom. The van der Waals surface area contributed by atoms with Gasteiger partial charge in [0.15, 0.2) is 0 Å². The Morgan fingerprint density at radius 3 is 2.57 bits per heavy atom. The SMILES string of the molecule is CN(C(=O)c1cccnc1)c1ccc2c(c1)nc(Cc1ccc(C(=N)N)cc1)n2C. The first kappa shape index (κ1) is 19.3. The van der Waals surface area contributed by atoms with E-state index in [4.69, 9.17) is 16.1 Å². The normalized spacial score (nSPS) is 10.9. The Labute approximate surface area is 174 Å². The van der Waals surface area contributed by atoms with Crippen molar-refractivity contribution in [3.63, 3.8) is 0 Å². The first-order valence-electron chi connectivity index (χ1n) is 9.51. The molecule has 150 valence electrons. The van der Waals surface area contributed by atoms with E-state index < -0.39 is 0 Å². The molecule has 7 heteroatoms. The second-order valence-corrected chi connectivity index (χ2v) is 7.15. The first-order chi connectivity index (χ1) is 14.4. The molecule has 30 heavy (non-hydrogen) atoms. The maximum Gasteiger partial charge on any atom is 0.259 e. The van der Waals surface area contributed by atoms with Crippen LogP contribution in [-0.2, 0) is 13.5 Å². The molecular weight excluding hydrogens is 376 g/mol. The second kappa shape index (κ2) is 7.79. The number of nitrogen functional groups attached to an aromatic ring is 1. The third-order valence-electron chi connectivity index (χ3n) is 5.18. The number of rotatable bonds is 5. The Morgan fingerprint density at radius 2 is 1.90 bits per heavy atom. The Bertz CT molecular complexity index is 1230. The molecular formula is C23H22N6O. The van der Waals surface area contributed by atoms with E-state index in [0.29, 0.717) is 17.5 Å². The second-order valence-electron chi connectivity index (χ2n) is 7.15. The zero-order chi connectivity index (χ0) is 21.3. The number of hydrogen-bond acceptors (Lipinski definition) is 4. The molecule has 0 spiro atoms. The van der Waals surface area contributed by atoms with Crippen molar-refractivity contribution in [1.82, 2.24) is 14.5 Å². The maximum atomic E-state index is 12.7. The summed E-state index contributed by atoms with van der Waals surface area (Å²) in [5.41, 5.74) is 10.4. The average molecular weight is 398 g/mol. The highest BCUT2D eigenvalue weighted by Crippen LogP contribution is 2.24. The van der Waals surface area contributed by atoms with E-state index in [-0.39, 0.29) is 11.7 Å². The standard InChI is InChI=1S/C23H22N6O/c1-28(23(30)17-4-3-11-26-14-17)18-9-10-20-19(13-18)27-21(29(20)2)12-15-5-7-16(8-6-15)22(24)25/h3-11,13-14H,12H2,1-2H3,(H3,24,25). The molecule has 7 nitrogen and oxygen atoms in total. The molecule has 2 heterocycles. The van der Waals surface area contributed by atoms with Crippen LogP contribution in [0, 0.1) is 5.41 Å². The van der Waals surface area contributed by atoms with Crippen LogP contribution < -0.4 is 10.6 Å². The topological polar surface area (TPSA) is 101 Å². The number of fused-ring (bicyclic) bond motifs is 1. The van der Waals surface area contributed by atoms with Crippen LogP contribution in [0.4, 0.5) is 5.69 Å².